The molecule has 0 saturated carbocycles. The molecule has 0 aromatic heterocycles. The maximum absolute atomic E-state index is 11.9. The maximum Gasteiger partial charge on any atom is 0.325 e. The first-order chi connectivity index (χ1) is 9.00. The van der Waals surface area contributed by atoms with Crippen LogP contribution in [0.5, 0.6) is 0 Å². The maximum atomic E-state index is 11.9. The molecule has 0 aliphatic heterocycles. The van der Waals surface area contributed by atoms with E-state index in [1.54, 1.807) is 0 Å². The fourth-order valence-corrected chi connectivity index (χ4v) is 1.78. The predicted molar refractivity (Wildman–Crippen MR) is 77.3 cm³/mol. The molecule has 114 valence electrons. The molecule has 0 radical (unpaired) electrons. The second kappa shape index (κ2) is 10.2. The highest BCUT2D eigenvalue weighted by Gasteiger charge is 2.33. The van der Waals surface area contributed by atoms with E-state index in [0.717, 1.165) is 45.7 Å². The molecule has 1 unspecified atom stereocenters. The van der Waals surface area contributed by atoms with Crippen molar-refractivity contribution in [3.05, 3.63) is 0 Å². The number of carbonyl (C=O) groups excluding carboxylic acids is 1. The fraction of sp³-hybridized carbons (Fsp3) is 0.929. The first-order valence-corrected chi connectivity index (χ1v) is 7.09. The van der Waals surface area contributed by atoms with Crippen LogP contribution in [-0.4, -0.2) is 63.4 Å². The van der Waals surface area contributed by atoms with E-state index in [1.807, 2.05) is 20.9 Å². The Balaban J connectivity index is 4.21. The summed E-state index contributed by atoms with van der Waals surface area (Å²) in [5.74, 6) is -0.195. The van der Waals surface area contributed by atoms with Crippen LogP contribution in [0.4, 0.5) is 0 Å². The third kappa shape index (κ3) is 7.50. The van der Waals surface area contributed by atoms with Crippen LogP contribution >= 0.6 is 0 Å². The first kappa shape index (κ1) is 18.4. The molecule has 0 fully saturated rings. The fourth-order valence-electron chi connectivity index (χ4n) is 1.78. The summed E-state index contributed by atoms with van der Waals surface area (Å²) >= 11 is 0. The van der Waals surface area contributed by atoms with E-state index in [2.05, 4.69) is 17.1 Å². The van der Waals surface area contributed by atoms with Crippen molar-refractivity contribution in [1.29, 1.82) is 0 Å². The zero-order chi connectivity index (χ0) is 14.7. The van der Waals surface area contributed by atoms with Gasteiger partial charge in [-0.2, -0.15) is 0 Å². The van der Waals surface area contributed by atoms with Crippen molar-refractivity contribution in [2.24, 2.45) is 0 Å². The van der Waals surface area contributed by atoms with Crippen molar-refractivity contribution >= 4 is 5.97 Å². The van der Waals surface area contributed by atoms with Crippen LogP contribution in [0.25, 0.3) is 0 Å². The van der Waals surface area contributed by atoms with Gasteiger partial charge < -0.3 is 19.7 Å². The minimum absolute atomic E-state index is 0.195. The van der Waals surface area contributed by atoms with Crippen LogP contribution in [-0.2, 0) is 14.3 Å². The largest absolute Gasteiger partial charge is 0.468 e. The van der Waals surface area contributed by atoms with Crippen LogP contribution in [0.1, 0.15) is 33.6 Å². The molecular formula is C14H30N2O3. The Labute approximate surface area is 117 Å². The van der Waals surface area contributed by atoms with E-state index in [-0.39, 0.29) is 5.97 Å². The number of ether oxygens (including phenoxy) is 2. The molecule has 0 heterocycles. The quantitative estimate of drug-likeness (QED) is 0.454. The van der Waals surface area contributed by atoms with Crippen LogP contribution in [0.3, 0.4) is 0 Å². The van der Waals surface area contributed by atoms with Crippen molar-refractivity contribution < 1.29 is 14.3 Å². The first-order valence-electron chi connectivity index (χ1n) is 7.09. The Bertz CT molecular complexity index is 249. The third-order valence-electron chi connectivity index (χ3n) is 3.22. The van der Waals surface area contributed by atoms with E-state index < -0.39 is 5.54 Å². The summed E-state index contributed by atoms with van der Waals surface area (Å²) in [6, 6.07) is 0. The number of methoxy groups -OCH3 is 1. The van der Waals surface area contributed by atoms with Crippen LogP contribution < -0.4 is 5.32 Å². The monoisotopic (exact) mass is 274 g/mol. The number of rotatable bonds is 11. The number of carbonyl (C=O) groups is 1. The van der Waals surface area contributed by atoms with E-state index in [0.29, 0.717) is 0 Å². The molecule has 0 aliphatic carbocycles. The number of hydrogen-bond donors (Lipinski definition) is 1. The second-order valence-electron chi connectivity index (χ2n) is 5.00. The van der Waals surface area contributed by atoms with Gasteiger partial charge in [-0.05, 0) is 40.3 Å². The lowest BCUT2D eigenvalue weighted by molar-refractivity contribution is -0.148. The van der Waals surface area contributed by atoms with Crippen molar-refractivity contribution in [3.8, 4) is 0 Å². The van der Waals surface area contributed by atoms with Crippen LogP contribution in [0, 0.1) is 0 Å². The lowest BCUT2D eigenvalue weighted by Gasteiger charge is -2.30. The van der Waals surface area contributed by atoms with Gasteiger partial charge in [-0.1, -0.05) is 6.92 Å². The molecule has 0 bridgehead atoms. The minimum atomic E-state index is -0.607. The summed E-state index contributed by atoms with van der Waals surface area (Å²) in [6.45, 7) is 9.96. The second-order valence-corrected chi connectivity index (χ2v) is 5.00. The number of nitrogens with zero attached hydrogens (tertiary/aromatic N) is 1. The van der Waals surface area contributed by atoms with Gasteiger partial charge in [-0.25, -0.2) is 0 Å². The van der Waals surface area contributed by atoms with E-state index >= 15 is 0 Å². The summed E-state index contributed by atoms with van der Waals surface area (Å²) in [5.41, 5.74) is -0.607. The Hall–Kier alpha value is -0.650. The molecule has 0 aromatic rings. The van der Waals surface area contributed by atoms with Gasteiger partial charge in [0, 0.05) is 19.7 Å². The average Bonchev–Trinajstić information content (AvgIpc) is 2.42. The number of nitrogens with one attached hydrogen (secondary N) is 1. The molecule has 0 aromatic carbocycles. The van der Waals surface area contributed by atoms with Gasteiger partial charge in [0.15, 0.2) is 0 Å². The zero-order valence-electron chi connectivity index (χ0n) is 13.1. The van der Waals surface area contributed by atoms with Gasteiger partial charge in [0.05, 0.1) is 13.7 Å². The number of esters is 1. The van der Waals surface area contributed by atoms with E-state index in [1.165, 1.54) is 7.11 Å². The molecule has 19 heavy (non-hydrogen) atoms. The van der Waals surface area contributed by atoms with Crippen molar-refractivity contribution in [3.63, 3.8) is 0 Å². The lowest BCUT2D eigenvalue weighted by atomic mass is 9.97. The summed E-state index contributed by atoms with van der Waals surface area (Å²) in [5, 5.41) is 3.29. The van der Waals surface area contributed by atoms with Gasteiger partial charge in [0.2, 0.25) is 0 Å². The summed E-state index contributed by atoms with van der Waals surface area (Å²) in [6.07, 6.45) is 1.72. The molecule has 0 saturated heterocycles. The molecule has 0 aliphatic rings. The van der Waals surface area contributed by atoms with Crippen molar-refractivity contribution in [2.45, 2.75) is 39.2 Å². The molecule has 0 spiro atoms. The molecule has 5 heteroatoms. The molecule has 0 amide bonds. The zero-order valence-corrected chi connectivity index (χ0v) is 13.1. The summed E-state index contributed by atoms with van der Waals surface area (Å²) in [7, 11) is 3.48. The Morgan fingerprint density at radius 3 is 2.53 bits per heavy atom. The summed E-state index contributed by atoms with van der Waals surface area (Å²) in [4.78, 5) is 14.1. The highest BCUT2D eigenvalue weighted by Crippen LogP contribution is 2.12. The SMILES string of the molecule is CCCNC(C)(CCN(C)CCOCC)C(=O)OC. The number of hydrogen-bond acceptors (Lipinski definition) is 5. The van der Waals surface area contributed by atoms with E-state index in [4.69, 9.17) is 9.47 Å². The van der Waals surface area contributed by atoms with Gasteiger partial charge in [0.1, 0.15) is 5.54 Å². The molecule has 5 nitrogen and oxygen atoms in total. The number of likely N-dealkylation sites (N-methyl/N-ethyl adjacent to an activating group) is 1. The van der Waals surface area contributed by atoms with Gasteiger partial charge in [-0.15, -0.1) is 0 Å². The molecule has 0 rings (SSSR count). The van der Waals surface area contributed by atoms with Crippen LogP contribution in [0.2, 0.25) is 0 Å². The van der Waals surface area contributed by atoms with Crippen molar-refractivity contribution in [2.75, 3.05) is 47.0 Å². The van der Waals surface area contributed by atoms with Crippen LogP contribution in [0.15, 0.2) is 0 Å². The highest BCUT2D eigenvalue weighted by atomic mass is 16.5. The van der Waals surface area contributed by atoms with Gasteiger partial charge in [-0.3, -0.25) is 4.79 Å². The predicted octanol–water partition coefficient (Wildman–Crippen LogP) is 1.28. The third-order valence-corrected chi connectivity index (χ3v) is 3.22. The smallest absolute Gasteiger partial charge is 0.325 e. The normalized spacial score (nSPS) is 14.4. The lowest BCUT2D eigenvalue weighted by Crippen LogP contribution is -2.52. The standard InChI is InChI=1S/C14H30N2O3/c1-6-9-15-14(3,13(17)18-5)8-10-16(4)11-12-19-7-2/h15H,6-12H2,1-5H3. The van der Waals surface area contributed by atoms with Gasteiger partial charge in [0.25, 0.3) is 0 Å². The Morgan fingerprint density at radius 1 is 1.32 bits per heavy atom. The average molecular weight is 274 g/mol. The van der Waals surface area contributed by atoms with E-state index in [9.17, 15) is 4.79 Å². The van der Waals surface area contributed by atoms with Gasteiger partial charge >= 0.3 is 5.97 Å². The summed E-state index contributed by atoms with van der Waals surface area (Å²) < 4.78 is 10.2. The highest BCUT2D eigenvalue weighted by molar-refractivity contribution is 5.80. The molecular weight excluding hydrogens is 244 g/mol. The Kier molecular flexibility index (Phi) is 9.83. The topological polar surface area (TPSA) is 50.8 Å². The molecule has 1 atom stereocenters. The van der Waals surface area contributed by atoms with Crippen molar-refractivity contribution in [1.82, 2.24) is 10.2 Å². The minimum Gasteiger partial charge on any atom is -0.468 e. The Morgan fingerprint density at radius 2 is 2.00 bits per heavy atom. The molecule has 1 N–H and O–H groups in total.